The smallest absolute Gasteiger partial charge is 0.133 e. The fraction of sp³-hybridized carbons (Fsp3) is 0.308. The van der Waals surface area contributed by atoms with Crippen LogP contribution in [-0.2, 0) is 6.54 Å². The lowest BCUT2D eigenvalue weighted by molar-refractivity contribution is 0.863. The number of anilines is 2. The van der Waals surface area contributed by atoms with Crippen molar-refractivity contribution in [3.63, 3.8) is 0 Å². The van der Waals surface area contributed by atoms with E-state index in [2.05, 4.69) is 20.3 Å². The van der Waals surface area contributed by atoms with Crippen molar-refractivity contribution in [3.8, 4) is 0 Å². The molecule has 2 heterocycles. The molecule has 100 valence electrons. The minimum Gasteiger partial charge on any atom is -0.366 e. The highest BCUT2D eigenvalue weighted by Gasteiger charge is 2.03. The summed E-state index contributed by atoms with van der Waals surface area (Å²) in [6.07, 6.45) is 5.14. The molecule has 0 amide bonds. The summed E-state index contributed by atoms with van der Waals surface area (Å²) < 4.78 is 0. The fourth-order valence-corrected chi connectivity index (χ4v) is 1.66. The molecule has 6 heteroatoms. The standard InChI is InChI=1S/C13H18N6/c1-19(6-4-14)13-7-12(17-10-18-13)16-9-11-3-2-5-15-8-11/h2-3,5,7-8,10H,4,6,9,14H2,1H3,(H,16,17,18). The zero-order valence-corrected chi connectivity index (χ0v) is 11.0. The zero-order chi connectivity index (χ0) is 13.5. The fourth-order valence-electron chi connectivity index (χ4n) is 1.66. The number of aromatic nitrogens is 3. The summed E-state index contributed by atoms with van der Waals surface area (Å²) in [5, 5.41) is 3.25. The Morgan fingerprint density at radius 2 is 2.26 bits per heavy atom. The van der Waals surface area contributed by atoms with E-state index in [9.17, 15) is 0 Å². The molecule has 19 heavy (non-hydrogen) atoms. The summed E-state index contributed by atoms with van der Waals surface area (Å²) in [6.45, 7) is 2.04. The van der Waals surface area contributed by atoms with Crippen LogP contribution < -0.4 is 16.0 Å². The topological polar surface area (TPSA) is 80.0 Å². The highest BCUT2D eigenvalue weighted by atomic mass is 15.2. The van der Waals surface area contributed by atoms with Gasteiger partial charge < -0.3 is 16.0 Å². The lowest BCUT2D eigenvalue weighted by atomic mass is 10.3. The van der Waals surface area contributed by atoms with Crippen LogP contribution in [0.1, 0.15) is 5.56 Å². The summed E-state index contributed by atoms with van der Waals surface area (Å²) in [4.78, 5) is 14.5. The zero-order valence-electron chi connectivity index (χ0n) is 11.0. The second-order valence-corrected chi connectivity index (χ2v) is 4.19. The molecule has 0 radical (unpaired) electrons. The second kappa shape index (κ2) is 6.65. The van der Waals surface area contributed by atoms with Gasteiger partial charge in [0.15, 0.2) is 0 Å². The summed E-state index contributed by atoms with van der Waals surface area (Å²) in [7, 11) is 1.96. The molecule has 0 aliphatic carbocycles. The minimum atomic E-state index is 0.596. The summed E-state index contributed by atoms with van der Waals surface area (Å²) in [6, 6.07) is 5.84. The van der Waals surface area contributed by atoms with Crippen LogP contribution in [0.2, 0.25) is 0 Å². The summed E-state index contributed by atoms with van der Waals surface area (Å²) in [5.41, 5.74) is 6.64. The van der Waals surface area contributed by atoms with Gasteiger partial charge in [-0.2, -0.15) is 0 Å². The number of pyridine rings is 1. The molecule has 2 aromatic heterocycles. The summed E-state index contributed by atoms with van der Waals surface area (Å²) >= 11 is 0. The van der Waals surface area contributed by atoms with Gasteiger partial charge in [-0.15, -0.1) is 0 Å². The van der Waals surface area contributed by atoms with Crippen LogP contribution in [0.3, 0.4) is 0 Å². The van der Waals surface area contributed by atoms with Crippen LogP contribution in [0.4, 0.5) is 11.6 Å². The molecule has 0 saturated carbocycles. The van der Waals surface area contributed by atoms with E-state index < -0.39 is 0 Å². The lowest BCUT2D eigenvalue weighted by Crippen LogP contribution is -2.25. The van der Waals surface area contributed by atoms with Crippen LogP contribution in [-0.4, -0.2) is 35.1 Å². The van der Waals surface area contributed by atoms with E-state index in [1.54, 1.807) is 12.5 Å². The predicted octanol–water partition coefficient (Wildman–Crippen LogP) is 0.879. The number of likely N-dealkylation sites (N-methyl/N-ethyl adjacent to an activating group) is 1. The van der Waals surface area contributed by atoms with Gasteiger partial charge >= 0.3 is 0 Å². The first-order valence-electron chi connectivity index (χ1n) is 6.15. The van der Waals surface area contributed by atoms with Crippen molar-refractivity contribution in [2.75, 3.05) is 30.4 Å². The first-order valence-corrected chi connectivity index (χ1v) is 6.15. The average molecular weight is 258 g/mol. The molecule has 0 fully saturated rings. The maximum absolute atomic E-state index is 5.53. The van der Waals surface area contributed by atoms with Crippen LogP contribution in [0.5, 0.6) is 0 Å². The van der Waals surface area contributed by atoms with E-state index in [0.717, 1.165) is 23.7 Å². The highest BCUT2D eigenvalue weighted by Crippen LogP contribution is 2.12. The molecule has 2 rings (SSSR count). The first-order chi connectivity index (χ1) is 9.29. The van der Waals surface area contributed by atoms with Gasteiger partial charge in [0.05, 0.1) is 0 Å². The number of hydrogen-bond donors (Lipinski definition) is 2. The lowest BCUT2D eigenvalue weighted by Gasteiger charge is -2.17. The maximum Gasteiger partial charge on any atom is 0.133 e. The molecule has 0 atom stereocenters. The van der Waals surface area contributed by atoms with Gasteiger partial charge in [0, 0.05) is 45.1 Å². The normalized spacial score (nSPS) is 10.2. The van der Waals surface area contributed by atoms with Crippen molar-refractivity contribution in [2.24, 2.45) is 5.73 Å². The summed E-state index contributed by atoms with van der Waals surface area (Å²) in [5.74, 6) is 1.65. The molecule has 0 aliphatic heterocycles. The SMILES string of the molecule is CN(CCN)c1cc(NCc2cccnc2)ncn1. The van der Waals surface area contributed by atoms with Gasteiger partial charge in [-0.1, -0.05) is 6.07 Å². The van der Waals surface area contributed by atoms with E-state index in [1.165, 1.54) is 0 Å². The van der Waals surface area contributed by atoms with E-state index in [0.29, 0.717) is 13.1 Å². The average Bonchev–Trinajstić information content (AvgIpc) is 2.47. The third kappa shape index (κ3) is 3.89. The van der Waals surface area contributed by atoms with Gasteiger partial charge in [0.2, 0.25) is 0 Å². The Kier molecular flexibility index (Phi) is 4.63. The minimum absolute atomic E-state index is 0.596. The monoisotopic (exact) mass is 258 g/mol. The Morgan fingerprint density at radius 3 is 3.00 bits per heavy atom. The van der Waals surface area contributed by atoms with Gasteiger partial charge in [-0.25, -0.2) is 9.97 Å². The maximum atomic E-state index is 5.53. The molecule has 2 aromatic rings. The first kappa shape index (κ1) is 13.2. The number of nitrogens with zero attached hydrogens (tertiary/aromatic N) is 4. The molecule has 0 spiro atoms. The van der Waals surface area contributed by atoms with Gasteiger partial charge in [0.25, 0.3) is 0 Å². The molecule has 0 saturated heterocycles. The number of hydrogen-bond acceptors (Lipinski definition) is 6. The molecule has 6 nitrogen and oxygen atoms in total. The third-order valence-corrected chi connectivity index (χ3v) is 2.70. The number of rotatable bonds is 6. The molecule has 3 N–H and O–H groups in total. The molecule has 0 aliphatic rings. The Bertz CT molecular complexity index is 501. The number of nitrogens with one attached hydrogen (secondary N) is 1. The quantitative estimate of drug-likeness (QED) is 0.800. The Morgan fingerprint density at radius 1 is 1.37 bits per heavy atom. The Hall–Kier alpha value is -2.21. The van der Waals surface area contributed by atoms with Crippen LogP contribution in [0.15, 0.2) is 36.9 Å². The van der Waals surface area contributed by atoms with Crippen molar-refractivity contribution < 1.29 is 0 Å². The largest absolute Gasteiger partial charge is 0.366 e. The highest BCUT2D eigenvalue weighted by molar-refractivity contribution is 5.48. The van der Waals surface area contributed by atoms with E-state index >= 15 is 0 Å². The van der Waals surface area contributed by atoms with Gasteiger partial charge in [0.1, 0.15) is 18.0 Å². The van der Waals surface area contributed by atoms with E-state index in [1.807, 2.05) is 36.3 Å². The van der Waals surface area contributed by atoms with E-state index in [4.69, 9.17) is 5.73 Å². The Labute approximate surface area is 112 Å². The van der Waals surface area contributed by atoms with Crippen molar-refractivity contribution >= 4 is 11.6 Å². The number of nitrogens with two attached hydrogens (primary N) is 1. The second-order valence-electron chi connectivity index (χ2n) is 4.19. The molecular formula is C13H18N6. The van der Waals surface area contributed by atoms with Crippen molar-refractivity contribution in [1.29, 1.82) is 0 Å². The molecule has 0 aromatic carbocycles. The molecular weight excluding hydrogens is 240 g/mol. The molecule has 0 unspecified atom stereocenters. The third-order valence-electron chi connectivity index (χ3n) is 2.70. The van der Waals surface area contributed by atoms with Crippen molar-refractivity contribution in [2.45, 2.75) is 6.54 Å². The van der Waals surface area contributed by atoms with Crippen molar-refractivity contribution in [3.05, 3.63) is 42.5 Å². The van der Waals surface area contributed by atoms with Gasteiger partial charge in [-0.05, 0) is 11.6 Å². The van der Waals surface area contributed by atoms with Crippen LogP contribution in [0, 0.1) is 0 Å². The predicted molar refractivity (Wildman–Crippen MR) is 75.9 cm³/mol. The van der Waals surface area contributed by atoms with Crippen LogP contribution >= 0.6 is 0 Å². The van der Waals surface area contributed by atoms with E-state index in [-0.39, 0.29) is 0 Å². The van der Waals surface area contributed by atoms with Gasteiger partial charge in [-0.3, -0.25) is 4.98 Å². The molecule has 0 bridgehead atoms. The van der Waals surface area contributed by atoms with Crippen molar-refractivity contribution in [1.82, 2.24) is 15.0 Å². The van der Waals surface area contributed by atoms with Crippen LogP contribution in [0.25, 0.3) is 0 Å². The Balaban J connectivity index is 1.99.